The zero-order valence-electron chi connectivity index (χ0n) is 10.0. The van der Waals surface area contributed by atoms with Crippen LogP contribution in [0.15, 0.2) is 52.7 Å². The zero-order valence-corrected chi connectivity index (χ0v) is 10.0. The molecule has 0 saturated carbocycles. The summed E-state index contributed by atoms with van der Waals surface area (Å²) < 4.78 is 0. The minimum atomic E-state index is 0.699. The van der Waals surface area contributed by atoms with Gasteiger partial charge in [-0.05, 0) is 37.1 Å². The minimum absolute atomic E-state index is 0.699. The Morgan fingerprint density at radius 2 is 1.47 bits per heavy atom. The molecule has 0 amide bonds. The van der Waals surface area contributed by atoms with E-state index in [0.717, 1.165) is 22.5 Å². The number of nitrogens with zero attached hydrogens (tertiary/aromatic N) is 2. The molecule has 3 heteroatoms. The Morgan fingerprint density at radius 1 is 0.824 bits per heavy atom. The molecular weight excluding hydrogens is 210 g/mol. The molecule has 2 N–H and O–H groups in total. The first kappa shape index (κ1) is 11.3. The number of anilines is 1. The number of nitrogen functional groups attached to an aromatic ring is 1. The van der Waals surface area contributed by atoms with E-state index in [9.17, 15) is 0 Å². The van der Waals surface area contributed by atoms with Crippen molar-refractivity contribution in [3.8, 4) is 0 Å². The molecule has 0 aromatic heterocycles. The lowest BCUT2D eigenvalue weighted by molar-refractivity contribution is 1.20. The number of aryl methyl sites for hydroxylation is 2. The predicted octanol–water partition coefficient (Wildman–Crippen LogP) is 4.30. The van der Waals surface area contributed by atoms with Crippen LogP contribution in [0.5, 0.6) is 0 Å². The zero-order chi connectivity index (χ0) is 12.3. The van der Waals surface area contributed by atoms with Gasteiger partial charge < -0.3 is 5.73 Å². The van der Waals surface area contributed by atoms with E-state index < -0.39 is 0 Å². The Kier molecular flexibility index (Phi) is 3.19. The van der Waals surface area contributed by atoms with Crippen molar-refractivity contribution in [3.05, 3.63) is 53.6 Å². The Labute approximate surface area is 101 Å². The first-order chi connectivity index (χ1) is 8.18. The molecule has 0 aliphatic rings. The summed E-state index contributed by atoms with van der Waals surface area (Å²) in [4.78, 5) is 0. The van der Waals surface area contributed by atoms with Crippen LogP contribution in [0.1, 0.15) is 11.1 Å². The van der Waals surface area contributed by atoms with E-state index in [1.807, 2.05) is 56.3 Å². The highest BCUT2D eigenvalue weighted by molar-refractivity contribution is 5.69. The second-order valence-corrected chi connectivity index (χ2v) is 4.00. The van der Waals surface area contributed by atoms with Gasteiger partial charge in [-0.25, -0.2) is 0 Å². The molecule has 3 nitrogen and oxygen atoms in total. The Hall–Kier alpha value is -2.16. The standard InChI is InChI=1S/C14H15N3/c1-10-8-9-11(2)14(13(10)15)17-16-12-6-4-3-5-7-12/h3-9H,15H2,1-2H3. The molecule has 0 heterocycles. The van der Waals surface area contributed by atoms with Crippen LogP contribution in [0.4, 0.5) is 17.1 Å². The second-order valence-electron chi connectivity index (χ2n) is 4.00. The van der Waals surface area contributed by atoms with E-state index in [2.05, 4.69) is 10.2 Å². The van der Waals surface area contributed by atoms with Crippen LogP contribution in [0.25, 0.3) is 0 Å². The van der Waals surface area contributed by atoms with Crippen molar-refractivity contribution in [2.45, 2.75) is 13.8 Å². The van der Waals surface area contributed by atoms with Gasteiger partial charge in [0.15, 0.2) is 0 Å². The molecular formula is C14H15N3. The fourth-order valence-corrected chi connectivity index (χ4v) is 1.55. The molecule has 86 valence electrons. The third-order valence-electron chi connectivity index (χ3n) is 2.66. The van der Waals surface area contributed by atoms with Gasteiger partial charge in [-0.3, -0.25) is 0 Å². The lowest BCUT2D eigenvalue weighted by Crippen LogP contribution is -1.91. The molecule has 0 atom stereocenters. The maximum absolute atomic E-state index is 5.99. The van der Waals surface area contributed by atoms with Crippen molar-refractivity contribution in [1.29, 1.82) is 0 Å². The van der Waals surface area contributed by atoms with Crippen molar-refractivity contribution in [1.82, 2.24) is 0 Å². The third-order valence-corrected chi connectivity index (χ3v) is 2.66. The van der Waals surface area contributed by atoms with Crippen molar-refractivity contribution >= 4 is 17.1 Å². The number of benzene rings is 2. The van der Waals surface area contributed by atoms with Crippen LogP contribution in [-0.4, -0.2) is 0 Å². The van der Waals surface area contributed by atoms with Gasteiger partial charge in [0.05, 0.1) is 11.4 Å². The molecule has 0 radical (unpaired) electrons. The number of hydrogen-bond donors (Lipinski definition) is 1. The van der Waals surface area contributed by atoms with Crippen LogP contribution in [0.2, 0.25) is 0 Å². The number of azo groups is 1. The van der Waals surface area contributed by atoms with Gasteiger partial charge in [0, 0.05) is 0 Å². The van der Waals surface area contributed by atoms with Crippen LogP contribution in [-0.2, 0) is 0 Å². The van der Waals surface area contributed by atoms with E-state index in [1.165, 1.54) is 0 Å². The van der Waals surface area contributed by atoms with E-state index in [1.54, 1.807) is 0 Å². The summed E-state index contributed by atoms with van der Waals surface area (Å²) in [6, 6.07) is 13.6. The quantitative estimate of drug-likeness (QED) is 0.601. The SMILES string of the molecule is Cc1ccc(C)c(N=Nc2ccccc2)c1N. The highest BCUT2D eigenvalue weighted by Crippen LogP contribution is 2.30. The maximum Gasteiger partial charge on any atom is 0.112 e. The molecule has 0 unspecified atom stereocenters. The molecule has 2 aromatic rings. The van der Waals surface area contributed by atoms with E-state index in [0.29, 0.717) is 5.69 Å². The van der Waals surface area contributed by atoms with Crippen molar-refractivity contribution in [2.24, 2.45) is 10.2 Å². The van der Waals surface area contributed by atoms with E-state index in [4.69, 9.17) is 5.73 Å². The molecule has 0 fully saturated rings. The monoisotopic (exact) mass is 225 g/mol. The average molecular weight is 225 g/mol. The van der Waals surface area contributed by atoms with Gasteiger partial charge in [0.2, 0.25) is 0 Å². The largest absolute Gasteiger partial charge is 0.397 e. The van der Waals surface area contributed by atoms with Crippen LogP contribution in [0.3, 0.4) is 0 Å². The van der Waals surface area contributed by atoms with Gasteiger partial charge in [-0.2, -0.15) is 5.11 Å². The van der Waals surface area contributed by atoms with Gasteiger partial charge >= 0.3 is 0 Å². The van der Waals surface area contributed by atoms with Crippen LogP contribution >= 0.6 is 0 Å². The molecule has 0 aliphatic carbocycles. The molecule has 2 aromatic carbocycles. The fraction of sp³-hybridized carbons (Fsp3) is 0.143. The van der Waals surface area contributed by atoms with Gasteiger partial charge in [0.1, 0.15) is 5.69 Å². The summed E-state index contributed by atoms with van der Waals surface area (Å²) in [7, 11) is 0. The summed E-state index contributed by atoms with van der Waals surface area (Å²) in [6.07, 6.45) is 0. The third kappa shape index (κ3) is 2.50. The molecule has 0 spiro atoms. The first-order valence-corrected chi connectivity index (χ1v) is 5.51. The lowest BCUT2D eigenvalue weighted by atomic mass is 10.1. The second kappa shape index (κ2) is 4.78. The minimum Gasteiger partial charge on any atom is -0.397 e. The molecule has 0 bridgehead atoms. The maximum atomic E-state index is 5.99. The average Bonchev–Trinajstić information content (AvgIpc) is 2.35. The number of hydrogen-bond acceptors (Lipinski definition) is 3. The van der Waals surface area contributed by atoms with Crippen LogP contribution in [0, 0.1) is 13.8 Å². The first-order valence-electron chi connectivity index (χ1n) is 5.51. The smallest absolute Gasteiger partial charge is 0.112 e. The fourth-order valence-electron chi connectivity index (χ4n) is 1.55. The predicted molar refractivity (Wildman–Crippen MR) is 70.9 cm³/mol. The number of nitrogens with two attached hydrogens (primary N) is 1. The topological polar surface area (TPSA) is 50.7 Å². The van der Waals surface area contributed by atoms with Crippen molar-refractivity contribution in [2.75, 3.05) is 5.73 Å². The lowest BCUT2D eigenvalue weighted by Gasteiger charge is -2.06. The summed E-state index contributed by atoms with van der Waals surface area (Å²) in [5.41, 5.74) is 10.3. The summed E-state index contributed by atoms with van der Waals surface area (Å²) in [6.45, 7) is 3.95. The Balaban J connectivity index is 2.37. The molecule has 0 aliphatic heterocycles. The van der Waals surface area contributed by atoms with Crippen molar-refractivity contribution < 1.29 is 0 Å². The van der Waals surface area contributed by atoms with E-state index in [-0.39, 0.29) is 0 Å². The molecule has 0 saturated heterocycles. The normalized spacial score (nSPS) is 10.9. The summed E-state index contributed by atoms with van der Waals surface area (Å²) >= 11 is 0. The van der Waals surface area contributed by atoms with E-state index >= 15 is 0 Å². The van der Waals surface area contributed by atoms with Gasteiger partial charge in [0.25, 0.3) is 0 Å². The summed E-state index contributed by atoms with van der Waals surface area (Å²) in [5.74, 6) is 0. The Morgan fingerprint density at radius 3 is 2.18 bits per heavy atom. The molecule has 2 rings (SSSR count). The highest BCUT2D eigenvalue weighted by atomic mass is 15.1. The number of rotatable bonds is 2. The van der Waals surface area contributed by atoms with Gasteiger partial charge in [-0.15, -0.1) is 5.11 Å². The van der Waals surface area contributed by atoms with Crippen molar-refractivity contribution in [3.63, 3.8) is 0 Å². The summed E-state index contributed by atoms with van der Waals surface area (Å²) in [5, 5.41) is 8.42. The Bertz CT molecular complexity index is 545. The highest BCUT2D eigenvalue weighted by Gasteiger charge is 2.04. The molecule has 17 heavy (non-hydrogen) atoms. The van der Waals surface area contributed by atoms with Crippen LogP contribution < -0.4 is 5.73 Å². The van der Waals surface area contributed by atoms with Gasteiger partial charge in [-0.1, -0.05) is 30.3 Å².